The van der Waals surface area contributed by atoms with E-state index in [0.29, 0.717) is 12.5 Å². The number of nitrogens with zero attached hydrogens (tertiary/aromatic N) is 2. The van der Waals surface area contributed by atoms with Crippen LogP contribution < -0.4 is 4.90 Å². The Hall–Kier alpha value is -1.39. The van der Waals surface area contributed by atoms with Gasteiger partial charge in [0, 0.05) is 37.5 Å². The van der Waals surface area contributed by atoms with Crippen LogP contribution in [0.25, 0.3) is 0 Å². The topological polar surface area (TPSA) is 43.8 Å². The Kier molecular flexibility index (Phi) is 5.09. The second-order valence-electron chi connectivity index (χ2n) is 7.89. The van der Waals surface area contributed by atoms with Crippen molar-refractivity contribution < 1.29 is 9.90 Å². The van der Waals surface area contributed by atoms with Gasteiger partial charge < -0.3 is 14.9 Å². The van der Waals surface area contributed by atoms with E-state index in [0.717, 1.165) is 43.2 Å². The number of fused-ring (bicyclic) bond motifs is 1. The number of hydrogen-bond acceptors (Lipinski definition) is 3. The smallest absolute Gasteiger partial charge is 0.234 e. The molecule has 25 heavy (non-hydrogen) atoms. The molecule has 1 aromatic rings. The minimum Gasteiger partial charge on any atom is -0.396 e. The molecule has 1 atom stereocenters. The molecule has 2 fully saturated rings. The number of para-hydroxylation sites is 1. The molecular formula is C21H30N2O2. The van der Waals surface area contributed by atoms with Crippen LogP contribution in [0.4, 0.5) is 5.69 Å². The van der Waals surface area contributed by atoms with Crippen molar-refractivity contribution in [1.29, 1.82) is 0 Å². The first-order valence-electron chi connectivity index (χ1n) is 10.1. The minimum absolute atomic E-state index is 0.0682. The van der Waals surface area contributed by atoms with Crippen molar-refractivity contribution in [1.82, 2.24) is 4.90 Å². The highest BCUT2D eigenvalue weighted by atomic mass is 16.3. The predicted molar refractivity (Wildman–Crippen MR) is 99.8 cm³/mol. The molecule has 4 rings (SSSR count). The average molecular weight is 342 g/mol. The first-order valence-corrected chi connectivity index (χ1v) is 10.1. The van der Waals surface area contributed by atoms with Crippen LogP contribution in [-0.2, 0) is 4.79 Å². The van der Waals surface area contributed by atoms with E-state index in [2.05, 4.69) is 21.9 Å². The standard InChI is InChI=1S/C21H30N2O2/c24-15-12-19-18-8-4-5-9-20(18)23(21(19)25)17-10-13-22(14-11-17)16-6-2-1-3-7-16/h4-5,8-9,16-17,19,24H,1-3,6-7,10-15H2. The lowest BCUT2D eigenvalue weighted by atomic mass is 9.91. The Morgan fingerprint density at radius 3 is 2.40 bits per heavy atom. The number of amides is 1. The lowest BCUT2D eigenvalue weighted by Gasteiger charge is -2.41. The van der Waals surface area contributed by atoms with Crippen molar-refractivity contribution in [2.75, 3.05) is 24.6 Å². The van der Waals surface area contributed by atoms with E-state index < -0.39 is 0 Å². The summed E-state index contributed by atoms with van der Waals surface area (Å²) in [5.74, 6) is 0.0453. The van der Waals surface area contributed by atoms with Gasteiger partial charge in [0.15, 0.2) is 0 Å². The average Bonchev–Trinajstić information content (AvgIpc) is 2.95. The largest absolute Gasteiger partial charge is 0.396 e. The van der Waals surface area contributed by atoms with Crippen molar-refractivity contribution >= 4 is 11.6 Å². The van der Waals surface area contributed by atoms with Crippen molar-refractivity contribution in [3.05, 3.63) is 29.8 Å². The van der Waals surface area contributed by atoms with E-state index >= 15 is 0 Å². The Bertz CT molecular complexity index is 604. The number of piperidine rings is 1. The van der Waals surface area contributed by atoms with E-state index in [4.69, 9.17) is 0 Å². The summed E-state index contributed by atoms with van der Waals surface area (Å²) < 4.78 is 0. The second kappa shape index (κ2) is 7.46. The van der Waals surface area contributed by atoms with Crippen molar-refractivity contribution in [3.63, 3.8) is 0 Å². The summed E-state index contributed by atoms with van der Waals surface area (Å²) >= 11 is 0. The molecule has 1 unspecified atom stereocenters. The highest BCUT2D eigenvalue weighted by Gasteiger charge is 2.41. The number of benzene rings is 1. The molecule has 1 aliphatic carbocycles. The zero-order chi connectivity index (χ0) is 17.2. The summed E-state index contributed by atoms with van der Waals surface area (Å²) in [7, 11) is 0. The summed E-state index contributed by atoms with van der Waals surface area (Å²) in [5.41, 5.74) is 2.19. The molecule has 1 saturated carbocycles. The number of carbonyl (C=O) groups excluding carboxylic acids is 1. The third-order valence-electron chi connectivity index (χ3n) is 6.48. The summed E-state index contributed by atoms with van der Waals surface area (Å²) in [4.78, 5) is 17.8. The van der Waals surface area contributed by atoms with Crippen LogP contribution in [0.3, 0.4) is 0 Å². The third-order valence-corrected chi connectivity index (χ3v) is 6.48. The fraction of sp³-hybridized carbons (Fsp3) is 0.667. The van der Waals surface area contributed by atoms with E-state index in [-0.39, 0.29) is 18.4 Å². The fourth-order valence-electron chi connectivity index (χ4n) is 5.16. The van der Waals surface area contributed by atoms with Gasteiger partial charge in [0.1, 0.15) is 0 Å². The SMILES string of the molecule is O=C1C(CCO)c2ccccc2N1C1CCN(C2CCCCC2)CC1. The van der Waals surface area contributed by atoms with E-state index in [1.54, 1.807) is 0 Å². The maximum Gasteiger partial charge on any atom is 0.234 e. The maximum absolute atomic E-state index is 13.0. The van der Waals surface area contributed by atoms with Gasteiger partial charge in [0.05, 0.1) is 5.92 Å². The van der Waals surface area contributed by atoms with Gasteiger partial charge in [-0.1, -0.05) is 37.5 Å². The van der Waals surface area contributed by atoms with Gasteiger partial charge >= 0.3 is 0 Å². The number of carbonyl (C=O) groups is 1. The van der Waals surface area contributed by atoms with Crippen molar-refractivity contribution in [2.24, 2.45) is 0 Å². The van der Waals surface area contributed by atoms with Crippen molar-refractivity contribution in [2.45, 2.75) is 69.4 Å². The minimum atomic E-state index is -0.155. The highest BCUT2D eigenvalue weighted by Crippen LogP contribution is 2.41. The molecule has 0 spiro atoms. The van der Waals surface area contributed by atoms with Gasteiger partial charge in [-0.3, -0.25) is 4.79 Å². The molecule has 136 valence electrons. The molecule has 3 aliphatic rings. The Morgan fingerprint density at radius 2 is 1.68 bits per heavy atom. The number of aliphatic hydroxyl groups excluding tert-OH is 1. The van der Waals surface area contributed by atoms with Crippen LogP contribution in [0.15, 0.2) is 24.3 Å². The molecule has 1 aromatic carbocycles. The van der Waals surface area contributed by atoms with E-state index in [1.807, 2.05) is 12.1 Å². The number of rotatable bonds is 4. The molecule has 2 heterocycles. The molecule has 1 amide bonds. The molecule has 0 aromatic heterocycles. The van der Waals surface area contributed by atoms with Gasteiger partial charge in [-0.05, 0) is 43.7 Å². The molecule has 0 bridgehead atoms. The zero-order valence-electron chi connectivity index (χ0n) is 15.1. The third kappa shape index (κ3) is 3.22. The molecule has 0 radical (unpaired) electrons. The Balaban J connectivity index is 1.46. The number of aliphatic hydroxyl groups is 1. The summed E-state index contributed by atoms with van der Waals surface area (Å²) in [6.07, 6.45) is 9.55. The quantitative estimate of drug-likeness (QED) is 0.913. The van der Waals surface area contributed by atoms with Crippen LogP contribution in [0.1, 0.15) is 62.8 Å². The Labute approximate surface area is 150 Å². The van der Waals surface area contributed by atoms with Crippen LogP contribution in [0, 0.1) is 0 Å². The molecule has 2 aliphatic heterocycles. The normalized spacial score (nSPS) is 26.2. The lowest BCUT2D eigenvalue weighted by molar-refractivity contribution is -0.120. The Morgan fingerprint density at radius 1 is 0.960 bits per heavy atom. The summed E-state index contributed by atoms with van der Waals surface area (Å²) in [6, 6.07) is 9.27. The number of likely N-dealkylation sites (tertiary alicyclic amines) is 1. The predicted octanol–water partition coefficient (Wildman–Crippen LogP) is 3.30. The zero-order valence-corrected chi connectivity index (χ0v) is 15.1. The number of hydrogen-bond donors (Lipinski definition) is 1. The van der Waals surface area contributed by atoms with Crippen LogP contribution >= 0.6 is 0 Å². The summed E-state index contributed by atoms with van der Waals surface area (Å²) in [5, 5.41) is 9.37. The molecule has 1 N–H and O–H groups in total. The first kappa shape index (κ1) is 17.0. The highest BCUT2D eigenvalue weighted by molar-refractivity contribution is 6.05. The molecule has 4 nitrogen and oxygen atoms in total. The summed E-state index contributed by atoms with van der Waals surface area (Å²) in [6.45, 7) is 2.30. The van der Waals surface area contributed by atoms with Crippen LogP contribution in [0.5, 0.6) is 0 Å². The van der Waals surface area contributed by atoms with Gasteiger partial charge in [-0.15, -0.1) is 0 Å². The van der Waals surface area contributed by atoms with E-state index in [9.17, 15) is 9.90 Å². The fourth-order valence-corrected chi connectivity index (χ4v) is 5.16. The van der Waals surface area contributed by atoms with Gasteiger partial charge in [0.2, 0.25) is 5.91 Å². The van der Waals surface area contributed by atoms with Crippen LogP contribution in [-0.4, -0.2) is 47.7 Å². The first-order chi connectivity index (χ1) is 12.3. The van der Waals surface area contributed by atoms with Crippen LogP contribution in [0.2, 0.25) is 0 Å². The van der Waals surface area contributed by atoms with Gasteiger partial charge in [0.25, 0.3) is 0 Å². The van der Waals surface area contributed by atoms with Gasteiger partial charge in [-0.25, -0.2) is 0 Å². The molecule has 1 saturated heterocycles. The molecule has 4 heteroatoms. The van der Waals surface area contributed by atoms with E-state index in [1.165, 1.54) is 32.1 Å². The van der Waals surface area contributed by atoms with Gasteiger partial charge in [-0.2, -0.15) is 0 Å². The second-order valence-corrected chi connectivity index (χ2v) is 7.89. The molecular weight excluding hydrogens is 312 g/mol. The lowest BCUT2D eigenvalue weighted by Crippen LogP contribution is -2.49. The van der Waals surface area contributed by atoms with Crippen molar-refractivity contribution in [3.8, 4) is 0 Å². The monoisotopic (exact) mass is 342 g/mol. The number of anilines is 1. The maximum atomic E-state index is 13.0.